The van der Waals surface area contributed by atoms with Gasteiger partial charge in [0.05, 0.1) is 16.8 Å². The smallest absolute Gasteiger partial charge is 0.344 e. The standard InChI is InChI=1S/C20H22N4O5/c1-5-20(4)18(27)24(19(28)22-20)23-15(25)10-29-17(26)16-11(2)13-8-6-7-9-14(13)21-12(16)3/h6-9H,5,10H2,1-4H3,(H,22,28)(H,23,25). The van der Waals surface area contributed by atoms with Gasteiger partial charge in [0.1, 0.15) is 5.54 Å². The number of urea groups is 1. The first-order valence-electron chi connectivity index (χ1n) is 9.17. The first-order valence-corrected chi connectivity index (χ1v) is 9.17. The minimum Gasteiger partial charge on any atom is -0.452 e. The van der Waals surface area contributed by atoms with Crippen LogP contribution in [0, 0.1) is 13.8 Å². The van der Waals surface area contributed by atoms with Crippen molar-refractivity contribution in [3.8, 4) is 0 Å². The molecule has 0 radical (unpaired) electrons. The molecule has 0 bridgehead atoms. The Balaban J connectivity index is 1.69. The summed E-state index contributed by atoms with van der Waals surface area (Å²) in [5, 5.41) is 3.93. The zero-order valence-corrected chi connectivity index (χ0v) is 16.7. The first-order chi connectivity index (χ1) is 13.7. The molecule has 1 fully saturated rings. The number of para-hydroxylation sites is 1. The number of ether oxygens (including phenoxy) is 1. The van der Waals surface area contributed by atoms with Crippen LogP contribution in [0.15, 0.2) is 24.3 Å². The van der Waals surface area contributed by atoms with Gasteiger partial charge in [-0.05, 0) is 38.8 Å². The molecule has 1 saturated heterocycles. The molecule has 1 atom stereocenters. The van der Waals surface area contributed by atoms with Crippen LogP contribution in [0.1, 0.15) is 41.9 Å². The minimum atomic E-state index is -1.08. The van der Waals surface area contributed by atoms with Crippen LogP contribution in [0.5, 0.6) is 0 Å². The molecular weight excluding hydrogens is 376 g/mol. The van der Waals surface area contributed by atoms with Crippen molar-refractivity contribution in [3.05, 3.63) is 41.1 Å². The van der Waals surface area contributed by atoms with Gasteiger partial charge in [0.15, 0.2) is 6.61 Å². The molecule has 4 amide bonds. The predicted octanol–water partition coefficient (Wildman–Crippen LogP) is 1.76. The highest BCUT2D eigenvalue weighted by Gasteiger charge is 2.47. The molecule has 1 aromatic carbocycles. The third-order valence-electron chi connectivity index (χ3n) is 5.08. The minimum absolute atomic E-state index is 0.282. The quantitative estimate of drug-likeness (QED) is 0.585. The number of fused-ring (bicyclic) bond motifs is 1. The topological polar surface area (TPSA) is 118 Å². The number of hydrogen-bond acceptors (Lipinski definition) is 6. The first kappa shape index (κ1) is 20.2. The van der Waals surface area contributed by atoms with Crippen LogP contribution in [0.4, 0.5) is 4.79 Å². The van der Waals surface area contributed by atoms with Crippen molar-refractivity contribution in [1.29, 1.82) is 0 Å². The van der Waals surface area contributed by atoms with E-state index in [0.29, 0.717) is 22.7 Å². The third-order valence-corrected chi connectivity index (χ3v) is 5.08. The van der Waals surface area contributed by atoms with E-state index in [0.717, 1.165) is 10.9 Å². The molecule has 2 aromatic rings. The van der Waals surface area contributed by atoms with Crippen molar-refractivity contribution in [3.63, 3.8) is 0 Å². The van der Waals surface area contributed by atoms with Crippen molar-refractivity contribution in [2.45, 2.75) is 39.7 Å². The van der Waals surface area contributed by atoms with Crippen LogP contribution in [0.25, 0.3) is 10.9 Å². The van der Waals surface area contributed by atoms with Crippen LogP contribution >= 0.6 is 0 Å². The van der Waals surface area contributed by atoms with Gasteiger partial charge in [0, 0.05) is 5.39 Å². The molecule has 0 spiro atoms. The number of benzene rings is 1. The van der Waals surface area contributed by atoms with Crippen molar-refractivity contribution in [2.75, 3.05) is 6.61 Å². The molecule has 0 saturated carbocycles. The number of esters is 1. The predicted molar refractivity (Wildman–Crippen MR) is 104 cm³/mol. The number of amides is 4. The van der Waals surface area contributed by atoms with Gasteiger partial charge in [-0.15, -0.1) is 0 Å². The van der Waals surface area contributed by atoms with Gasteiger partial charge in [-0.25, -0.2) is 9.59 Å². The van der Waals surface area contributed by atoms with E-state index in [1.807, 2.05) is 24.3 Å². The Kier molecular flexibility index (Phi) is 5.23. The summed E-state index contributed by atoms with van der Waals surface area (Å²) in [4.78, 5) is 53.3. The molecule has 0 aliphatic carbocycles. The van der Waals surface area contributed by atoms with Crippen molar-refractivity contribution in [1.82, 2.24) is 20.7 Å². The largest absolute Gasteiger partial charge is 0.452 e. The summed E-state index contributed by atoms with van der Waals surface area (Å²) in [7, 11) is 0. The highest BCUT2D eigenvalue weighted by atomic mass is 16.5. The Morgan fingerprint density at radius 3 is 2.59 bits per heavy atom. The second-order valence-electron chi connectivity index (χ2n) is 7.08. The number of pyridine rings is 1. The van der Waals surface area contributed by atoms with Gasteiger partial charge in [-0.3, -0.25) is 20.0 Å². The molecule has 1 unspecified atom stereocenters. The molecule has 9 heteroatoms. The van der Waals surface area contributed by atoms with E-state index in [1.54, 1.807) is 27.7 Å². The lowest BCUT2D eigenvalue weighted by molar-refractivity contribution is -0.139. The van der Waals surface area contributed by atoms with Crippen LogP contribution < -0.4 is 10.7 Å². The summed E-state index contributed by atoms with van der Waals surface area (Å²) in [5.41, 5.74) is 3.32. The Hall–Kier alpha value is -3.49. The fourth-order valence-corrected chi connectivity index (χ4v) is 3.22. The average molecular weight is 398 g/mol. The second-order valence-corrected chi connectivity index (χ2v) is 7.08. The SMILES string of the molecule is CCC1(C)NC(=O)N(NC(=O)COC(=O)c2c(C)nc3ccccc3c2C)C1=O. The summed E-state index contributed by atoms with van der Waals surface area (Å²) in [5.74, 6) is -2.08. The van der Waals surface area contributed by atoms with Crippen molar-refractivity contribution in [2.24, 2.45) is 0 Å². The molecule has 3 rings (SSSR count). The molecule has 1 aliphatic rings. The van der Waals surface area contributed by atoms with E-state index < -0.39 is 36.0 Å². The van der Waals surface area contributed by atoms with Crippen LogP contribution in [0.2, 0.25) is 0 Å². The van der Waals surface area contributed by atoms with Gasteiger partial charge in [0.2, 0.25) is 0 Å². The molecule has 1 aromatic heterocycles. The molecule has 9 nitrogen and oxygen atoms in total. The lowest BCUT2D eigenvalue weighted by Crippen LogP contribution is -2.49. The summed E-state index contributed by atoms with van der Waals surface area (Å²) in [6, 6.07) is 6.67. The maximum Gasteiger partial charge on any atom is 0.344 e. The van der Waals surface area contributed by atoms with Gasteiger partial charge in [-0.1, -0.05) is 25.1 Å². The number of aryl methyl sites for hydroxylation is 2. The number of imide groups is 1. The Morgan fingerprint density at radius 1 is 1.24 bits per heavy atom. The highest BCUT2D eigenvalue weighted by molar-refractivity contribution is 6.07. The number of aromatic nitrogens is 1. The lowest BCUT2D eigenvalue weighted by atomic mass is 10.00. The van der Waals surface area contributed by atoms with Gasteiger partial charge < -0.3 is 10.1 Å². The Labute approximate surface area is 167 Å². The maximum atomic E-state index is 12.5. The van der Waals surface area contributed by atoms with Crippen LogP contribution in [-0.2, 0) is 14.3 Å². The van der Waals surface area contributed by atoms with Crippen molar-refractivity contribution < 1.29 is 23.9 Å². The van der Waals surface area contributed by atoms with E-state index in [1.165, 1.54) is 0 Å². The molecular formula is C20H22N4O5. The third kappa shape index (κ3) is 3.63. The number of nitrogens with one attached hydrogen (secondary N) is 2. The lowest BCUT2D eigenvalue weighted by Gasteiger charge is -2.19. The highest BCUT2D eigenvalue weighted by Crippen LogP contribution is 2.23. The number of rotatable bonds is 5. The van der Waals surface area contributed by atoms with Gasteiger partial charge in [-0.2, -0.15) is 5.01 Å². The van der Waals surface area contributed by atoms with Crippen LogP contribution in [0.3, 0.4) is 0 Å². The summed E-state index contributed by atoms with van der Waals surface area (Å²) < 4.78 is 5.10. The Bertz CT molecular complexity index is 1030. The molecule has 152 valence electrons. The van der Waals surface area contributed by atoms with Crippen molar-refractivity contribution >= 4 is 34.7 Å². The second kappa shape index (κ2) is 7.50. The number of carbonyl (C=O) groups excluding carboxylic acids is 4. The van der Waals surface area contributed by atoms with E-state index >= 15 is 0 Å². The summed E-state index contributed by atoms with van der Waals surface area (Å²) in [6.07, 6.45) is 0.368. The van der Waals surface area contributed by atoms with E-state index in [-0.39, 0.29) is 5.56 Å². The normalized spacial score (nSPS) is 18.7. The van der Waals surface area contributed by atoms with E-state index in [4.69, 9.17) is 4.74 Å². The van der Waals surface area contributed by atoms with Gasteiger partial charge in [0.25, 0.3) is 11.8 Å². The zero-order valence-electron chi connectivity index (χ0n) is 16.7. The zero-order chi connectivity index (χ0) is 21.3. The van der Waals surface area contributed by atoms with E-state index in [9.17, 15) is 19.2 Å². The van der Waals surface area contributed by atoms with E-state index in [2.05, 4.69) is 15.7 Å². The molecule has 2 N–H and O–H groups in total. The fourth-order valence-electron chi connectivity index (χ4n) is 3.22. The summed E-state index contributed by atoms with van der Waals surface area (Å²) in [6.45, 7) is 6.14. The number of nitrogens with zero attached hydrogens (tertiary/aromatic N) is 2. The number of carbonyl (C=O) groups is 4. The molecule has 2 heterocycles. The maximum absolute atomic E-state index is 12.5. The van der Waals surface area contributed by atoms with Crippen LogP contribution in [-0.4, -0.2) is 46.0 Å². The number of hydrogen-bond donors (Lipinski definition) is 2. The monoisotopic (exact) mass is 398 g/mol. The average Bonchev–Trinajstić information content (AvgIpc) is 2.90. The van der Waals surface area contributed by atoms with Gasteiger partial charge >= 0.3 is 12.0 Å². The number of hydrazine groups is 1. The summed E-state index contributed by atoms with van der Waals surface area (Å²) >= 11 is 0. The molecule has 1 aliphatic heterocycles. The fraction of sp³-hybridized carbons (Fsp3) is 0.350. The molecule has 29 heavy (non-hydrogen) atoms. The Morgan fingerprint density at radius 2 is 1.93 bits per heavy atom.